The minimum atomic E-state index is -3.78. The van der Waals surface area contributed by atoms with E-state index in [9.17, 15) is 40.2 Å². The molecule has 0 unspecified atom stereocenters. The largest absolute Gasteiger partial charge is 0.488 e. The van der Waals surface area contributed by atoms with Crippen molar-refractivity contribution in [3.8, 4) is 28.4 Å². The number of carbonyl (C=O) groups excluding carboxylic acids is 2. The molecule has 1 saturated carbocycles. The Morgan fingerprint density at radius 2 is 1.63 bits per heavy atom. The van der Waals surface area contributed by atoms with Gasteiger partial charge in [0.05, 0.1) is 12.7 Å². The highest BCUT2D eigenvalue weighted by molar-refractivity contribution is 5.94. The van der Waals surface area contributed by atoms with Crippen LogP contribution in [0, 0.1) is 5.41 Å². The predicted molar refractivity (Wildman–Crippen MR) is 110 cm³/mol. The number of cyclic esters (lactones) is 1. The third-order valence-electron chi connectivity index (χ3n) is 5.52. The number of aliphatic hydroxyl groups is 6. The van der Waals surface area contributed by atoms with Gasteiger partial charge >= 0.3 is 24.3 Å². The van der Waals surface area contributed by atoms with Gasteiger partial charge in [0, 0.05) is 11.1 Å². The van der Waals surface area contributed by atoms with Gasteiger partial charge in [-0.2, -0.15) is 0 Å². The number of rotatable bonds is 9. The molecule has 2 aromatic rings. The van der Waals surface area contributed by atoms with Gasteiger partial charge in [0.15, 0.2) is 11.5 Å². The van der Waals surface area contributed by atoms with Gasteiger partial charge < -0.3 is 54.3 Å². The summed E-state index contributed by atoms with van der Waals surface area (Å²) in [6, 6.07) is 7.03. The highest BCUT2D eigenvalue weighted by Gasteiger charge is 2.52. The molecule has 0 radical (unpaired) electrons. The van der Waals surface area contributed by atoms with E-state index in [1.807, 2.05) is 0 Å². The van der Waals surface area contributed by atoms with Crippen LogP contribution in [0.2, 0.25) is 0 Å². The molecule has 35 heavy (non-hydrogen) atoms. The average Bonchev–Trinajstić information content (AvgIpc) is 3.47. The second kappa shape index (κ2) is 8.64. The number of fused-ring (bicyclic) bond motifs is 1. The van der Waals surface area contributed by atoms with Gasteiger partial charge in [-0.05, 0) is 42.7 Å². The Morgan fingerprint density at radius 1 is 0.971 bits per heavy atom. The SMILES string of the molecule is COC(=O)C1(COc2c(-c3ccc4c(c3)COC4=O)ccc(OC(O)(O)O)c2OC(O)(O)O)CC1. The number of hydrogen-bond donors (Lipinski definition) is 6. The molecule has 0 spiro atoms. The van der Waals surface area contributed by atoms with Gasteiger partial charge in [-0.3, -0.25) is 4.79 Å². The van der Waals surface area contributed by atoms with E-state index < -0.39 is 41.2 Å². The fourth-order valence-corrected chi connectivity index (χ4v) is 3.66. The molecular weight excluding hydrogens is 472 g/mol. The first-order valence-electron chi connectivity index (χ1n) is 10.2. The molecule has 0 atom stereocenters. The first-order valence-corrected chi connectivity index (χ1v) is 10.2. The summed E-state index contributed by atoms with van der Waals surface area (Å²) >= 11 is 0. The lowest BCUT2D eigenvalue weighted by Gasteiger charge is -2.25. The van der Waals surface area contributed by atoms with Crippen molar-refractivity contribution in [2.75, 3.05) is 13.7 Å². The van der Waals surface area contributed by atoms with Gasteiger partial charge in [-0.15, -0.1) is 0 Å². The van der Waals surface area contributed by atoms with E-state index in [1.165, 1.54) is 25.3 Å². The molecule has 1 fully saturated rings. The molecular formula is C22H22O13. The van der Waals surface area contributed by atoms with E-state index >= 15 is 0 Å². The van der Waals surface area contributed by atoms with Crippen LogP contribution in [0.15, 0.2) is 30.3 Å². The molecule has 13 heteroatoms. The number of benzene rings is 2. The van der Waals surface area contributed by atoms with Crippen LogP contribution in [0.3, 0.4) is 0 Å². The fraction of sp³-hybridized carbons (Fsp3) is 0.364. The fourth-order valence-electron chi connectivity index (χ4n) is 3.66. The molecule has 188 valence electrons. The summed E-state index contributed by atoms with van der Waals surface area (Å²) in [7, 11) is 1.21. The quantitative estimate of drug-likeness (QED) is 0.189. The third kappa shape index (κ3) is 5.30. The van der Waals surface area contributed by atoms with Crippen LogP contribution in [0.4, 0.5) is 0 Å². The van der Waals surface area contributed by atoms with Crippen molar-refractivity contribution in [1.29, 1.82) is 0 Å². The van der Waals surface area contributed by atoms with E-state index in [0.29, 0.717) is 29.5 Å². The number of methoxy groups -OCH3 is 1. The molecule has 0 aromatic heterocycles. The Labute approximate surface area is 197 Å². The first-order chi connectivity index (χ1) is 16.3. The van der Waals surface area contributed by atoms with Gasteiger partial charge in [0.1, 0.15) is 18.6 Å². The van der Waals surface area contributed by atoms with E-state index in [-0.39, 0.29) is 24.5 Å². The van der Waals surface area contributed by atoms with Crippen LogP contribution in [-0.2, 0) is 20.9 Å². The highest BCUT2D eigenvalue weighted by atomic mass is 16.9. The van der Waals surface area contributed by atoms with Crippen molar-refractivity contribution >= 4 is 11.9 Å². The predicted octanol–water partition coefficient (Wildman–Crippen LogP) is -0.710. The van der Waals surface area contributed by atoms with Crippen molar-refractivity contribution in [3.63, 3.8) is 0 Å². The minimum Gasteiger partial charge on any atom is -0.488 e. The summed E-state index contributed by atoms with van der Waals surface area (Å²) in [6.07, 6.45) is -6.61. The van der Waals surface area contributed by atoms with Crippen molar-refractivity contribution in [3.05, 3.63) is 41.5 Å². The molecule has 0 saturated heterocycles. The molecule has 2 aliphatic rings. The molecule has 6 N–H and O–H groups in total. The Balaban J connectivity index is 1.84. The summed E-state index contributed by atoms with van der Waals surface area (Å²) in [6.45, 7) is -0.250. The van der Waals surface area contributed by atoms with E-state index in [0.717, 1.165) is 6.07 Å². The van der Waals surface area contributed by atoms with Crippen LogP contribution in [-0.4, -0.2) is 68.6 Å². The maximum Gasteiger partial charge on any atom is 0.453 e. The second-order valence-corrected chi connectivity index (χ2v) is 8.13. The second-order valence-electron chi connectivity index (χ2n) is 8.13. The normalized spacial score (nSPS) is 16.3. The lowest BCUT2D eigenvalue weighted by atomic mass is 9.99. The van der Waals surface area contributed by atoms with Gasteiger partial charge in [-0.1, -0.05) is 6.07 Å². The molecule has 1 aliphatic carbocycles. The zero-order chi connectivity index (χ0) is 25.6. The van der Waals surface area contributed by atoms with Gasteiger partial charge in [-0.25, -0.2) is 4.79 Å². The Morgan fingerprint density at radius 3 is 2.23 bits per heavy atom. The lowest BCUT2D eigenvalue weighted by molar-refractivity contribution is -0.428. The molecule has 1 aliphatic heterocycles. The molecule has 4 rings (SSSR count). The van der Waals surface area contributed by atoms with Gasteiger partial charge in [0.2, 0.25) is 5.75 Å². The van der Waals surface area contributed by atoms with Crippen molar-refractivity contribution in [2.24, 2.45) is 5.41 Å². The summed E-state index contributed by atoms with van der Waals surface area (Å²) in [5, 5.41) is 56.2. The molecule has 2 aromatic carbocycles. The third-order valence-corrected chi connectivity index (χ3v) is 5.52. The molecule has 13 nitrogen and oxygen atoms in total. The minimum absolute atomic E-state index is 0.0172. The molecule has 1 heterocycles. The smallest absolute Gasteiger partial charge is 0.453 e. The standard InChI is InChI=1S/C22H22O13/c1-31-19(24)20(6-7-20)10-33-16-13(11-2-3-14-12(8-11)9-32-18(14)23)4-5-15(34-21(25,26)27)17(16)35-22(28,29)30/h2-5,8,25-30H,6-7,9-10H2,1H3. The summed E-state index contributed by atoms with van der Waals surface area (Å²) in [5.74, 6) is -2.80. The van der Waals surface area contributed by atoms with Crippen LogP contribution in [0.1, 0.15) is 28.8 Å². The number of ether oxygens (including phenoxy) is 5. The van der Waals surface area contributed by atoms with Crippen molar-refractivity contribution in [2.45, 2.75) is 31.8 Å². The van der Waals surface area contributed by atoms with Crippen LogP contribution >= 0.6 is 0 Å². The number of hydrogen-bond acceptors (Lipinski definition) is 13. The van der Waals surface area contributed by atoms with E-state index in [2.05, 4.69) is 4.74 Å². The average molecular weight is 494 g/mol. The monoisotopic (exact) mass is 494 g/mol. The Kier molecular flexibility index (Phi) is 6.09. The van der Waals surface area contributed by atoms with E-state index in [4.69, 9.17) is 18.9 Å². The molecule has 0 amide bonds. The van der Waals surface area contributed by atoms with Crippen LogP contribution < -0.4 is 14.2 Å². The Hall–Kier alpha value is -3.46. The van der Waals surface area contributed by atoms with Crippen molar-refractivity contribution < 1.29 is 63.9 Å². The van der Waals surface area contributed by atoms with Crippen LogP contribution in [0.25, 0.3) is 11.1 Å². The lowest BCUT2D eigenvalue weighted by Crippen LogP contribution is -2.37. The maximum absolute atomic E-state index is 12.2. The number of esters is 2. The molecule has 0 bridgehead atoms. The zero-order valence-electron chi connectivity index (χ0n) is 18.3. The highest BCUT2D eigenvalue weighted by Crippen LogP contribution is 2.51. The summed E-state index contributed by atoms with van der Waals surface area (Å²) in [4.78, 5) is 24.0. The van der Waals surface area contributed by atoms with Crippen LogP contribution in [0.5, 0.6) is 17.2 Å². The maximum atomic E-state index is 12.2. The van der Waals surface area contributed by atoms with Crippen molar-refractivity contribution in [1.82, 2.24) is 0 Å². The topological polar surface area (TPSA) is 202 Å². The summed E-state index contributed by atoms with van der Waals surface area (Å²) < 4.78 is 25.0. The first kappa shape index (κ1) is 24.7. The summed E-state index contributed by atoms with van der Waals surface area (Å²) in [5.41, 5.74) is 0.524. The van der Waals surface area contributed by atoms with Gasteiger partial charge in [0.25, 0.3) is 0 Å². The zero-order valence-corrected chi connectivity index (χ0v) is 18.3. The Bertz CT molecular complexity index is 1160. The number of carbonyl (C=O) groups is 2. The van der Waals surface area contributed by atoms with E-state index in [1.54, 1.807) is 6.07 Å².